The van der Waals surface area contributed by atoms with Gasteiger partial charge in [-0.05, 0) is 0 Å². The highest BCUT2D eigenvalue weighted by atomic mass is 35.5. The molecule has 0 bridgehead atoms. The molecule has 0 radical (unpaired) electrons. The van der Waals surface area contributed by atoms with Gasteiger partial charge in [0, 0.05) is 5.57 Å². The van der Waals surface area contributed by atoms with E-state index in [1.165, 1.54) is 6.33 Å². The Morgan fingerprint density at radius 2 is 2.67 bits per heavy atom. The number of nitrogens with one attached hydrogen (secondary N) is 1. The van der Waals surface area contributed by atoms with Crippen molar-refractivity contribution in [3.8, 4) is 0 Å². The lowest BCUT2D eigenvalue weighted by Gasteiger charge is -1.90. The summed E-state index contributed by atoms with van der Waals surface area (Å²) in [6.07, 6.45) is 1.42. The molecular weight excluding hydrogens is 138 g/mol. The van der Waals surface area contributed by atoms with Gasteiger partial charge in [0.25, 0.3) is 0 Å². The van der Waals surface area contributed by atoms with E-state index >= 15 is 0 Å². The topological polar surface area (TPSA) is 41.6 Å². The Balaban J connectivity index is 2.77. The normalized spacial score (nSPS) is 9.44. The van der Waals surface area contributed by atoms with Gasteiger partial charge in [0.15, 0.2) is 5.82 Å². The lowest BCUT2D eigenvalue weighted by Crippen LogP contribution is -1.85. The molecule has 48 valence electrons. The minimum Gasteiger partial charge on any atom is -0.260 e. The number of aromatic nitrogens is 3. The monoisotopic (exact) mass is 143 g/mol. The van der Waals surface area contributed by atoms with Crippen LogP contribution in [0.1, 0.15) is 5.82 Å². The molecule has 1 aromatic rings. The number of hydrogen-bond donors (Lipinski definition) is 1. The number of alkyl halides is 1. The van der Waals surface area contributed by atoms with Gasteiger partial charge < -0.3 is 0 Å². The molecule has 0 amide bonds. The van der Waals surface area contributed by atoms with Crippen molar-refractivity contribution in [2.45, 2.75) is 0 Å². The number of H-pyrrole nitrogens is 1. The molecular formula is C5H6ClN3. The lowest BCUT2D eigenvalue weighted by molar-refractivity contribution is 1.07. The van der Waals surface area contributed by atoms with E-state index in [2.05, 4.69) is 21.8 Å². The molecule has 0 aromatic carbocycles. The molecule has 4 heteroatoms. The molecule has 0 aliphatic carbocycles. The van der Waals surface area contributed by atoms with Crippen molar-refractivity contribution in [1.29, 1.82) is 0 Å². The smallest absolute Gasteiger partial charge is 0.151 e. The fourth-order valence-electron chi connectivity index (χ4n) is 0.439. The van der Waals surface area contributed by atoms with Gasteiger partial charge in [0.05, 0.1) is 5.88 Å². The van der Waals surface area contributed by atoms with Crippen LogP contribution in [0, 0.1) is 0 Å². The van der Waals surface area contributed by atoms with Gasteiger partial charge in [-0.25, -0.2) is 4.98 Å². The number of halogens is 1. The van der Waals surface area contributed by atoms with Gasteiger partial charge in [-0.3, -0.25) is 5.10 Å². The Morgan fingerprint density at radius 1 is 1.89 bits per heavy atom. The highest BCUT2D eigenvalue weighted by molar-refractivity contribution is 6.22. The van der Waals surface area contributed by atoms with Crippen LogP contribution in [0.5, 0.6) is 0 Å². The number of allylic oxidation sites excluding steroid dienone is 1. The Kier molecular flexibility index (Phi) is 1.85. The molecule has 9 heavy (non-hydrogen) atoms. The average molecular weight is 144 g/mol. The quantitative estimate of drug-likeness (QED) is 0.629. The molecule has 3 nitrogen and oxygen atoms in total. The molecule has 1 aromatic heterocycles. The second-order valence-corrected chi connectivity index (χ2v) is 1.84. The van der Waals surface area contributed by atoms with Crippen molar-refractivity contribution in [3.05, 3.63) is 18.7 Å². The van der Waals surface area contributed by atoms with Crippen LogP contribution in [0.3, 0.4) is 0 Å². The maximum Gasteiger partial charge on any atom is 0.151 e. The van der Waals surface area contributed by atoms with Crippen LogP contribution < -0.4 is 0 Å². The van der Waals surface area contributed by atoms with Crippen LogP contribution in [0.25, 0.3) is 5.57 Å². The first-order chi connectivity index (χ1) is 4.34. The van der Waals surface area contributed by atoms with E-state index in [4.69, 9.17) is 11.6 Å². The van der Waals surface area contributed by atoms with Gasteiger partial charge in [-0.15, -0.1) is 11.6 Å². The number of hydrogen-bond acceptors (Lipinski definition) is 2. The SMILES string of the molecule is C=C(CCl)c1ncn[nH]1. The highest BCUT2D eigenvalue weighted by Gasteiger charge is 1.97. The van der Waals surface area contributed by atoms with Crippen molar-refractivity contribution in [2.24, 2.45) is 0 Å². The van der Waals surface area contributed by atoms with Crippen LogP contribution in [-0.4, -0.2) is 21.1 Å². The third kappa shape index (κ3) is 1.29. The number of rotatable bonds is 2. The number of nitrogens with zero attached hydrogens (tertiary/aromatic N) is 2. The van der Waals surface area contributed by atoms with E-state index in [9.17, 15) is 0 Å². The third-order valence-electron chi connectivity index (χ3n) is 0.911. The van der Waals surface area contributed by atoms with Gasteiger partial charge in [0.1, 0.15) is 6.33 Å². The third-order valence-corrected chi connectivity index (χ3v) is 1.23. The molecule has 0 aliphatic heterocycles. The zero-order valence-corrected chi connectivity index (χ0v) is 5.52. The minimum atomic E-state index is 0.384. The van der Waals surface area contributed by atoms with Crippen LogP contribution in [0.2, 0.25) is 0 Å². The van der Waals surface area contributed by atoms with Crippen LogP contribution in [0.15, 0.2) is 12.9 Å². The second-order valence-electron chi connectivity index (χ2n) is 1.57. The first kappa shape index (κ1) is 6.29. The van der Waals surface area contributed by atoms with Gasteiger partial charge in [-0.2, -0.15) is 5.10 Å². The van der Waals surface area contributed by atoms with Crippen molar-refractivity contribution in [3.63, 3.8) is 0 Å². The maximum absolute atomic E-state index is 5.46. The van der Waals surface area contributed by atoms with Crippen LogP contribution >= 0.6 is 11.6 Å². The Labute approximate surface area is 57.8 Å². The molecule has 0 aliphatic rings. The van der Waals surface area contributed by atoms with E-state index in [0.29, 0.717) is 11.7 Å². The van der Waals surface area contributed by atoms with Crippen LogP contribution in [-0.2, 0) is 0 Å². The predicted molar refractivity (Wildman–Crippen MR) is 36.1 cm³/mol. The molecule has 0 saturated heterocycles. The average Bonchev–Trinajstić information content (AvgIpc) is 2.37. The van der Waals surface area contributed by atoms with Crippen molar-refractivity contribution in [2.75, 3.05) is 5.88 Å². The standard InChI is InChI=1S/C5H6ClN3/c1-4(2-6)5-7-3-8-9-5/h3H,1-2H2,(H,7,8,9). The Morgan fingerprint density at radius 3 is 3.11 bits per heavy atom. The lowest BCUT2D eigenvalue weighted by atomic mass is 10.3. The fourth-order valence-corrected chi connectivity index (χ4v) is 0.566. The fraction of sp³-hybridized carbons (Fsp3) is 0.200. The van der Waals surface area contributed by atoms with Gasteiger partial charge in [0.2, 0.25) is 0 Å². The molecule has 0 saturated carbocycles. The summed E-state index contributed by atoms with van der Waals surface area (Å²) in [5, 5.41) is 6.28. The summed E-state index contributed by atoms with van der Waals surface area (Å²) in [5.41, 5.74) is 0.758. The molecule has 1 N–H and O–H groups in total. The molecule has 1 rings (SSSR count). The van der Waals surface area contributed by atoms with E-state index in [1.807, 2.05) is 0 Å². The molecule has 1 heterocycles. The Hall–Kier alpha value is -0.830. The molecule has 0 spiro atoms. The first-order valence-corrected chi connectivity index (χ1v) is 2.97. The van der Waals surface area contributed by atoms with E-state index in [1.54, 1.807) is 0 Å². The maximum atomic E-state index is 5.46. The number of aromatic amines is 1. The highest BCUT2D eigenvalue weighted by Crippen LogP contribution is 2.04. The molecule has 0 fully saturated rings. The molecule has 0 atom stereocenters. The van der Waals surface area contributed by atoms with Crippen molar-refractivity contribution < 1.29 is 0 Å². The summed E-state index contributed by atoms with van der Waals surface area (Å²) in [7, 11) is 0. The van der Waals surface area contributed by atoms with E-state index in [0.717, 1.165) is 5.57 Å². The summed E-state index contributed by atoms with van der Waals surface area (Å²) >= 11 is 5.46. The summed E-state index contributed by atoms with van der Waals surface area (Å²) in [6.45, 7) is 3.65. The summed E-state index contributed by atoms with van der Waals surface area (Å²) in [5.74, 6) is 1.04. The molecule has 0 unspecified atom stereocenters. The van der Waals surface area contributed by atoms with Crippen LogP contribution in [0.4, 0.5) is 0 Å². The first-order valence-electron chi connectivity index (χ1n) is 2.44. The Bertz CT molecular complexity index is 192. The van der Waals surface area contributed by atoms with E-state index in [-0.39, 0.29) is 0 Å². The van der Waals surface area contributed by atoms with Gasteiger partial charge in [-0.1, -0.05) is 6.58 Å². The van der Waals surface area contributed by atoms with E-state index < -0.39 is 0 Å². The summed E-state index contributed by atoms with van der Waals surface area (Å²) in [6, 6.07) is 0. The zero-order valence-electron chi connectivity index (χ0n) is 4.76. The zero-order chi connectivity index (χ0) is 6.69. The van der Waals surface area contributed by atoms with Crippen molar-refractivity contribution in [1.82, 2.24) is 15.2 Å². The summed E-state index contributed by atoms with van der Waals surface area (Å²) in [4.78, 5) is 3.84. The summed E-state index contributed by atoms with van der Waals surface area (Å²) < 4.78 is 0. The predicted octanol–water partition coefficient (Wildman–Crippen LogP) is 1.06. The minimum absolute atomic E-state index is 0.384. The van der Waals surface area contributed by atoms with Crippen molar-refractivity contribution >= 4 is 17.2 Å². The van der Waals surface area contributed by atoms with Gasteiger partial charge >= 0.3 is 0 Å². The second kappa shape index (κ2) is 2.64. The largest absolute Gasteiger partial charge is 0.260 e.